The number of hydrogen-bond acceptors (Lipinski definition) is 4. The molecule has 4 rings (SSSR count). The SMILES string of the molecule is NC(=O)c1nc(Cc2ccccc2C(F)(F)F)sc1CC1C2CNCC21. The summed E-state index contributed by atoms with van der Waals surface area (Å²) in [6.07, 6.45) is -3.64. The number of primary amides is 1. The van der Waals surface area contributed by atoms with Gasteiger partial charge in [-0.3, -0.25) is 4.79 Å². The lowest BCUT2D eigenvalue weighted by molar-refractivity contribution is -0.138. The van der Waals surface area contributed by atoms with E-state index in [1.54, 1.807) is 6.07 Å². The number of fused-ring (bicyclic) bond motifs is 1. The van der Waals surface area contributed by atoms with Crippen molar-refractivity contribution in [2.75, 3.05) is 13.1 Å². The molecule has 1 aliphatic carbocycles. The van der Waals surface area contributed by atoms with E-state index in [9.17, 15) is 18.0 Å². The average molecular weight is 381 g/mol. The summed E-state index contributed by atoms with van der Waals surface area (Å²) in [5, 5.41) is 3.82. The van der Waals surface area contributed by atoms with E-state index < -0.39 is 17.6 Å². The Morgan fingerprint density at radius 1 is 1.27 bits per heavy atom. The first-order valence-corrected chi connectivity index (χ1v) is 9.30. The molecule has 2 atom stereocenters. The van der Waals surface area contributed by atoms with E-state index in [-0.39, 0.29) is 17.7 Å². The van der Waals surface area contributed by atoms with Crippen molar-refractivity contribution >= 4 is 17.2 Å². The molecule has 1 amide bonds. The van der Waals surface area contributed by atoms with Crippen molar-refractivity contribution in [3.8, 4) is 0 Å². The van der Waals surface area contributed by atoms with Crippen LogP contribution in [-0.2, 0) is 19.0 Å². The highest BCUT2D eigenvalue weighted by atomic mass is 32.1. The Morgan fingerprint density at radius 3 is 2.62 bits per heavy atom. The fourth-order valence-electron chi connectivity index (χ4n) is 3.98. The molecule has 0 bridgehead atoms. The summed E-state index contributed by atoms with van der Waals surface area (Å²) < 4.78 is 39.5. The maximum atomic E-state index is 13.2. The Hall–Kier alpha value is -1.93. The van der Waals surface area contributed by atoms with Gasteiger partial charge in [-0.05, 0) is 48.9 Å². The topological polar surface area (TPSA) is 68.0 Å². The minimum atomic E-state index is -4.42. The fraction of sp³-hybridized carbons (Fsp3) is 0.444. The normalized spacial score (nSPS) is 24.5. The molecule has 1 saturated carbocycles. The molecule has 3 N–H and O–H groups in total. The van der Waals surface area contributed by atoms with E-state index in [0.29, 0.717) is 22.8 Å². The van der Waals surface area contributed by atoms with E-state index in [2.05, 4.69) is 10.3 Å². The third kappa shape index (κ3) is 3.23. The Kier molecular flexibility index (Phi) is 4.27. The predicted molar refractivity (Wildman–Crippen MR) is 91.9 cm³/mol. The van der Waals surface area contributed by atoms with Crippen LogP contribution in [0.3, 0.4) is 0 Å². The lowest BCUT2D eigenvalue weighted by Crippen LogP contribution is -2.17. The van der Waals surface area contributed by atoms with Crippen LogP contribution in [0.4, 0.5) is 13.2 Å². The van der Waals surface area contributed by atoms with Gasteiger partial charge < -0.3 is 11.1 Å². The molecule has 138 valence electrons. The summed E-state index contributed by atoms with van der Waals surface area (Å²) in [5.41, 5.74) is 5.15. The first kappa shape index (κ1) is 17.5. The quantitative estimate of drug-likeness (QED) is 0.837. The maximum Gasteiger partial charge on any atom is 0.416 e. The zero-order valence-electron chi connectivity index (χ0n) is 13.8. The van der Waals surface area contributed by atoms with E-state index in [1.165, 1.54) is 23.5 Å². The van der Waals surface area contributed by atoms with Gasteiger partial charge in [0.2, 0.25) is 0 Å². The zero-order valence-corrected chi connectivity index (χ0v) is 14.7. The van der Waals surface area contributed by atoms with Gasteiger partial charge in [-0.25, -0.2) is 4.98 Å². The van der Waals surface area contributed by atoms with Gasteiger partial charge in [-0.15, -0.1) is 11.3 Å². The lowest BCUT2D eigenvalue weighted by Gasteiger charge is -2.11. The summed E-state index contributed by atoms with van der Waals surface area (Å²) in [6.45, 7) is 1.98. The van der Waals surface area contributed by atoms with Crippen LogP contribution in [0.15, 0.2) is 24.3 Å². The van der Waals surface area contributed by atoms with E-state index in [1.807, 2.05) is 0 Å². The number of rotatable bonds is 5. The Bertz CT molecular complexity index is 838. The van der Waals surface area contributed by atoms with Gasteiger partial charge >= 0.3 is 6.18 Å². The highest BCUT2D eigenvalue weighted by Crippen LogP contribution is 2.51. The molecule has 1 aromatic carbocycles. The van der Waals surface area contributed by atoms with Crippen LogP contribution in [-0.4, -0.2) is 24.0 Å². The highest BCUT2D eigenvalue weighted by Gasteiger charge is 2.52. The number of amides is 1. The molecule has 2 aliphatic rings. The molecule has 0 radical (unpaired) electrons. The van der Waals surface area contributed by atoms with Gasteiger partial charge in [0.1, 0.15) is 5.69 Å². The molecular weight excluding hydrogens is 363 g/mol. The third-order valence-corrected chi connectivity index (χ3v) is 6.41. The minimum Gasteiger partial charge on any atom is -0.364 e. The van der Waals surface area contributed by atoms with E-state index in [0.717, 1.165) is 30.5 Å². The second-order valence-corrected chi connectivity index (χ2v) is 8.10. The van der Waals surface area contributed by atoms with Crippen molar-refractivity contribution in [2.45, 2.75) is 19.0 Å². The molecule has 8 heteroatoms. The Balaban J connectivity index is 1.58. The monoisotopic (exact) mass is 381 g/mol. The number of halogens is 3. The molecule has 1 aliphatic heterocycles. The number of carbonyl (C=O) groups excluding carboxylic acids is 1. The number of thiazole rings is 1. The third-order valence-electron chi connectivity index (χ3n) is 5.33. The van der Waals surface area contributed by atoms with Crippen molar-refractivity contribution in [1.82, 2.24) is 10.3 Å². The number of nitrogens with zero attached hydrogens (tertiary/aromatic N) is 1. The van der Waals surface area contributed by atoms with Crippen molar-refractivity contribution < 1.29 is 18.0 Å². The smallest absolute Gasteiger partial charge is 0.364 e. The first-order valence-electron chi connectivity index (χ1n) is 8.49. The molecule has 2 aromatic rings. The summed E-state index contributed by atoms with van der Waals surface area (Å²) in [4.78, 5) is 16.8. The molecule has 26 heavy (non-hydrogen) atoms. The summed E-state index contributed by atoms with van der Waals surface area (Å²) in [7, 11) is 0. The van der Waals surface area contributed by atoms with Gasteiger partial charge in [-0.1, -0.05) is 18.2 Å². The highest BCUT2D eigenvalue weighted by molar-refractivity contribution is 7.12. The summed E-state index contributed by atoms with van der Waals surface area (Å²) in [6, 6.07) is 5.46. The minimum absolute atomic E-state index is 0.0414. The first-order chi connectivity index (χ1) is 12.3. The number of alkyl halides is 3. The van der Waals surface area contributed by atoms with Crippen LogP contribution in [0.25, 0.3) is 0 Å². The number of nitrogens with one attached hydrogen (secondary N) is 1. The standard InChI is InChI=1S/C18H18F3N3OS/c19-18(20,21)13-4-2-1-3-9(13)5-15-24-16(17(22)25)14(26-15)6-10-11-7-23-8-12(10)11/h1-4,10-12,23H,5-8H2,(H2,22,25). The van der Waals surface area contributed by atoms with Crippen molar-refractivity contribution in [3.05, 3.63) is 51.0 Å². The largest absolute Gasteiger partial charge is 0.416 e. The second kappa shape index (κ2) is 6.35. The van der Waals surface area contributed by atoms with Gasteiger partial charge in [-0.2, -0.15) is 13.2 Å². The molecular formula is C18H18F3N3OS. The van der Waals surface area contributed by atoms with Crippen molar-refractivity contribution in [3.63, 3.8) is 0 Å². The average Bonchev–Trinajstić information content (AvgIpc) is 2.92. The molecule has 2 fully saturated rings. The van der Waals surface area contributed by atoms with Crippen LogP contribution in [0, 0.1) is 17.8 Å². The zero-order chi connectivity index (χ0) is 18.5. The number of piperidine rings is 1. The molecule has 1 saturated heterocycles. The van der Waals surface area contributed by atoms with Crippen LogP contribution in [0.2, 0.25) is 0 Å². The van der Waals surface area contributed by atoms with Crippen molar-refractivity contribution in [1.29, 1.82) is 0 Å². The second-order valence-electron chi connectivity index (χ2n) is 6.93. The van der Waals surface area contributed by atoms with Crippen LogP contribution < -0.4 is 11.1 Å². The summed E-state index contributed by atoms with van der Waals surface area (Å²) >= 11 is 1.31. The number of aromatic nitrogens is 1. The maximum absolute atomic E-state index is 13.2. The van der Waals surface area contributed by atoms with Gasteiger partial charge in [0.25, 0.3) is 5.91 Å². The van der Waals surface area contributed by atoms with Crippen LogP contribution in [0.5, 0.6) is 0 Å². The van der Waals surface area contributed by atoms with Gasteiger partial charge in [0, 0.05) is 11.3 Å². The predicted octanol–water partition coefficient (Wildman–Crippen LogP) is 2.86. The van der Waals surface area contributed by atoms with Gasteiger partial charge in [0.15, 0.2) is 0 Å². The summed E-state index contributed by atoms with van der Waals surface area (Å²) in [5.74, 6) is 1.17. The lowest BCUT2D eigenvalue weighted by atomic mass is 10.0. The molecule has 1 aromatic heterocycles. The Morgan fingerprint density at radius 2 is 1.96 bits per heavy atom. The molecule has 2 unspecified atom stereocenters. The number of hydrogen-bond donors (Lipinski definition) is 2. The number of nitrogens with two attached hydrogens (primary N) is 1. The molecule has 0 spiro atoms. The van der Waals surface area contributed by atoms with Crippen molar-refractivity contribution in [2.24, 2.45) is 23.5 Å². The fourth-order valence-corrected chi connectivity index (χ4v) is 5.15. The van der Waals surface area contributed by atoms with Crippen LogP contribution >= 0.6 is 11.3 Å². The van der Waals surface area contributed by atoms with Gasteiger partial charge in [0.05, 0.1) is 10.6 Å². The number of carbonyl (C=O) groups is 1. The molecule has 4 nitrogen and oxygen atoms in total. The van der Waals surface area contributed by atoms with Crippen LogP contribution in [0.1, 0.15) is 31.5 Å². The number of benzene rings is 1. The molecule has 2 heterocycles. The van der Waals surface area contributed by atoms with E-state index >= 15 is 0 Å². The van der Waals surface area contributed by atoms with E-state index in [4.69, 9.17) is 5.73 Å². The Labute approximate surface area is 152 Å².